The van der Waals surface area contributed by atoms with Crippen LogP contribution in [-0.4, -0.2) is 78.9 Å². The van der Waals surface area contributed by atoms with Gasteiger partial charge in [-0.25, -0.2) is 32.1 Å². The van der Waals surface area contributed by atoms with Gasteiger partial charge in [0.2, 0.25) is 5.43 Å². The lowest BCUT2D eigenvalue weighted by Crippen LogP contribution is -2.47. The van der Waals surface area contributed by atoms with Crippen LogP contribution in [0.25, 0.3) is 16.7 Å². The average molecular weight is 683 g/mol. The molecule has 0 bridgehead atoms. The molecule has 16 heteroatoms. The number of esters is 1. The second-order valence-corrected chi connectivity index (χ2v) is 11.5. The van der Waals surface area contributed by atoms with Crippen molar-refractivity contribution in [2.75, 3.05) is 54.0 Å². The second kappa shape index (κ2) is 13.2. The minimum absolute atomic E-state index is 0.0207. The number of Topliss-reactive ketones (excluding diaryl/α,β-unsaturated/α-hetero) is 1. The number of carbonyl (C=O) groups excluding carboxylic acids is 3. The number of ketones is 1. The molecule has 256 valence electrons. The van der Waals surface area contributed by atoms with Gasteiger partial charge in [0.25, 0.3) is 0 Å². The van der Waals surface area contributed by atoms with Gasteiger partial charge in [-0.1, -0.05) is 0 Å². The second-order valence-electron chi connectivity index (χ2n) is 11.5. The Morgan fingerprint density at radius 1 is 0.959 bits per heavy atom. The minimum atomic E-state index is -1.02. The molecule has 0 aliphatic carbocycles. The van der Waals surface area contributed by atoms with Gasteiger partial charge in [0.05, 0.1) is 35.6 Å². The quantitative estimate of drug-likeness (QED) is 0.216. The highest BCUT2D eigenvalue weighted by Crippen LogP contribution is 2.31. The Morgan fingerprint density at radius 2 is 1.63 bits per heavy atom. The maximum absolute atomic E-state index is 15.6. The van der Waals surface area contributed by atoms with Crippen LogP contribution in [0.4, 0.5) is 39.5 Å². The summed E-state index contributed by atoms with van der Waals surface area (Å²) in [6, 6.07) is 6.81. The van der Waals surface area contributed by atoms with E-state index in [4.69, 9.17) is 15.2 Å². The number of piperazine rings is 1. The predicted octanol–water partition coefficient (Wildman–Crippen LogP) is 3.69. The van der Waals surface area contributed by atoms with E-state index < -0.39 is 58.5 Å². The first-order valence-electron chi connectivity index (χ1n) is 15.3. The number of halogens is 4. The Labute approximate surface area is 276 Å². The van der Waals surface area contributed by atoms with Crippen LogP contribution in [0.15, 0.2) is 53.5 Å². The Kier molecular flexibility index (Phi) is 8.98. The number of carbonyl (C=O) groups is 3. The van der Waals surface area contributed by atoms with E-state index >= 15 is 8.78 Å². The number of aromatic nitrogens is 2. The monoisotopic (exact) mass is 682 g/mol. The molecule has 2 aromatic carbocycles. The fourth-order valence-electron chi connectivity index (χ4n) is 5.87. The number of nitrogens with zero attached hydrogens (tertiary/aromatic N) is 5. The van der Waals surface area contributed by atoms with Gasteiger partial charge in [-0.05, 0) is 50.2 Å². The van der Waals surface area contributed by atoms with Crippen molar-refractivity contribution in [1.29, 1.82) is 0 Å². The van der Waals surface area contributed by atoms with E-state index in [9.17, 15) is 28.0 Å². The van der Waals surface area contributed by atoms with Crippen molar-refractivity contribution in [3.8, 4) is 5.69 Å². The predicted molar refractivity (Wildman–Crippen MR) is 170 cm³/mol. The van der Waals surface area contributed by atoms with Gasteiger partial charge in [0.1, 0.15) is 40.9 Å². The maximum atomic E-state index is 15.6. The average Bonchev–Trinajstić information content (AvgIpc) is 3.46. The van der Waals surface area contributed by atoms with Crippen LogP contribution in [0.1, 0.15) is 24.2 Å². The molecule has 6 rings (SSSR count). The molecular formula is C33H30F4N6O6. The zero-order valence-electron chi connectivity index (χ0n) is 26.3. The van der Waals surface area contributed by atoms with Crippen molar-refractivity contribution in [3.05, 3.63) is 87.7 Å². The summed E-state index contributed by atoms with van der Waals surface area (Å²) in [7, 11) is 0. The number of anilines is 3. The Balaban J connectivity index is 1.27. The van der Waals surface area contributed by atoms with E-state index in [1.54, 1.807) is 9.80 Å². The molecule has 2 fully saturated rings. The van der Waals surface area contributed by atoms with Crippen LogP contribution in [0.5, 0.6) is 0 Å². The summed E-state index contributed by atoms with van der Waals surface area (Å²) >= 11 is 0. The van der Waals surface area contributed by atoms with Crippen LogP contribution >= 0.6 is 0 Å². The van der Waals surface area contributed by atoms with Gasteiger partial charge in [0, 0.05) is 38.4 Å². The Hall–Kier alpha value is -5.51. The molecule has 2 aliphatic heterocycles. The standard InChI is InChI=1S/C33H30F4N6O6/c1-3-48-32(46)21-15-43(26-6-4-18(34)12-22(26)35)30-20(29(21)45)14-24(37)31(39-30)41-10-8-40(9-11-41)25-7-5-19(13-23(25)36)42-16-27(49-33(42)47)28(38)17(2)44/h4-7,12-15,27-28H,3,8-11,16,38H2,1-2H3/t27?,28-/m1/s1. The zero-order valence-corrected chi connectivity index (χ0v) is 26.3. The zero-order chi connectivity index (χ0) is 35.1. The molecule has 0 spiro atoms. The number of benzene rings is 2. The normalized spacial score (nSPS) is 17.0. The number of ether oxygens (including phenoxy) is 2. The summed E-state index contributed by atoms with van der Waals surface area (Å²) in [5, 5.41) is -0.326. The van der Waals surface area contributed by atoms with Gasteiger partial charge in [0.15, 0.2) is 17.3 Å². The number of pyridine rings is 2. The maximum Gasteiger partial charge on any atom is 0.414 e. The first-order valence-corrected chi connectivity index (χ1v) is 15.3. The molecule has 2 atom stereocenters. The lowest BCUT2D eigenvalue weighted by molar-refractivity contribution is -0.120. The summed E-state index contributed by atoms with van der Waals surface area (Å²) in [4.78, 5) is 58.7. The highest BCUT2D eigenvalue weighted by atomic mass is 19.1. The van der Waals surface area contributed by atoms with E-state index in [1.807, 2.05) is 0 Å². The van der Waals surface area contributed by atoms with E-state index in [1.165, 1.54) is 36.9 Å². The molecule has 1 amide bonds. The number of amides is 1. The first kappa shape index (κ1) is 33.4. The molecule has 4 heterocycles. The molecule has 1 unspecified atom stereocenters. The third-order valence-corrected chi connectivity index (χ3v) is 8.45. The fraction of sp³-hybridized carbons (Fsp3) is 0.303. The lowest BCUT2D eigenvalue weighted by atomic mass is 10.1. The SMILES string of the molecule is CCOC(=O)c1cn(-c2ccc(F)cc2F)c2nc(N3CCN(c4ccc(N5CC([C@H](N)C(C)=O)OC5=O)cc4F)CC3)c(F)cc2c1=O. The number of rotatable bonds is 8. The molecule has 2 aromatic heterocycles. The van der Waals surface area contributed by atoms with Gasteiger partial charge in [-0.15, -0.1) is 0 Å². The fourth-order valence-corrected chi connectivity index (χ4v) is 5.87. The number of nitrogens with two attached hydrogens (primary N) is 1. The number of cyclic esters (lactones) is 1. The molecule has 49 heavy (non-hydrogen) atoms. The summed E-state index contributed by atoms with van der Waals surface area (Å²) in [6.45, 7) is 3.51. The summed E-state index contributed by atoms with van der Waals surface area (Å²) in [6.07, 6.45) is -0.594. The summed E-state index contributed by atoms with van der Waals surface area (Å²) < 4.78 is 71.0. The molecule has 2 N–H and O–H groups in total. The van der Waals surface area contributed by atoms with Crippen molar-refractivity contribution < 1.29 is 41.4 Å². The van der Waals surface area contributed by atoms with Crippen LogP contribution in [0, 0.1) is 23.3 Å². The van der Waals surface area contributed by atoms with Crippen molar-refractivity contribution in [2.45, 2.75) is 26.0 Å². The van der Waals surface area contributed by atoms with Gasteiger partial charge in [-0.3, -0.25) is 19.1 Å². The Bertz CT molecular complexity index is 2050. The van der Waals surface area contributed by atoms with Crippen LogP contribution < -0.4 is 25.9 Å². The van der Waals surface area contributed by atoms with Gasteiger partial charge < -0.3 is 25.0 Å². The van der Waals surface area contributed by atoms with E-state index in [0.29, 0.717) is 6.07 Å². The third kappa shape index (κ3) is 6.26. The van der Waals surface area contributed by atoms with Crippen LogP contribution in [0.3, 0.4) is 0 Å². The highest BCUT2D eigenvalue weighted by molar-refractivity contribution is 5.94. The smallest absolute Gasteiger partial charge is 0.414 e. The van der Waals surface area contributed by atoms with Crippen LogP contribution in [0.2, 0.25) is 0 Å². The minimum Gasteiger partial charge on any atom is -0.462 e. The van der Waals surface area contributed by atoms with E-state index in [2.05, 4.69) is 4.98 Å². The molecular weight excluding hydrogens is 652 g/mol. The van der Waals surface area contributed by atoms with Crippen LogP contribution in [-0.2, 0) is 14.3 Å². The molecule has 2 aliphatic rings. The lowest BCUT2D eigenvalue weighted by Gasteiger charge is -2.37. The molecule has 4 aromatic rings. The van der Waals surface area contributed by atoms with Gasteiger partial charge in [-0.2, -0.15) is 0 Å². The first-order chi connectivity index (χ1) is 23.4. The van der Waals surface area contributed by atoms with E-state index in [-0.39, 0.29) is 79.0 Å². The molecule has 0 saturated carbocycles. The molecule has 2 saturated heterocycles. The molecule has 12 nitrogen and oxygen atoms in total. The van der Waals surface area contributed by atoms with Crippen molar-refractivity contribution >= 4 is 46.1 Å². The highest BCUT2D eigenvalue weighted by Gasteiger charge is 2.38. The van der Waals surface area contributed by atoms with Crippen molar-refractivity contribution in [3.63, 3.8) is 0 Å². The van der Waals surface area contributed by atoms with Crippen molar-refractivity contribution in [2.24, 2.45) is 5.73 Å². The third-order valence-electron chi connectivity index (χ3n) is 8.45. The van der Waals surface area contributed by atoms with E-state index in [0.717, 1.165) is 29.0 Å². The van der Waals surface area contributed by atoms with Crippen molar-refractivity contribution in [1.82, 2.24) is 9.55 Å². The number of fused-ring (bicyclic) bond motifs is 1. The summed E-state index contributed by atoms with van der Waals surface area (Å²) in [5.74, 6) is -4.92. The summed E-state index contributed by atoms with van der Waals surface area (Å²) in [5.41, 5.74) is 4.47. The largest absolute Gasteiger partial charge is 0.462 e. The Morgan fingerprint density at radius 3 is 2.29 bits per heavy atom. The molecule has 0 radical (unpaired) electrons. The number of hydrogen-bond donors (Lipinski definition) is 1. The van der Waals surface area contributed by atoms with Gasteiger partial charge >= 0.3 is 12.1 Å². The number of hydrogen-bond acceptors (Lipinski definition) is 10. The topological polar surface area (TPSA) is 140 Å².